The number of carbonyl (C=O) groups excluding carboxylic acids is 1. The Hall–Kier alpha value is -2.29. The number of phenolic OH excluding ortho intramolecular Hbond substituents is 1. The van der Waals surface area contributed by atoms with Crippen molar-refractivity contribution < 1.29 is 14.6 Å². The number of phenols is 1. The second-order valence-electron chi connectivity index (χ2n) is 5.57. The average molecular weight is 270 g/mol. The van der Waals surface area contributed by atoms with Gasteiger partial charge in [-0.05, 0) is 32.4 Å². The lowest BCUT2D eigenvalue weighted by atomic mass is 10.0. The van der Waals surface area contributed by atoms with Gasteiger partial charge in [-0.15, -0.1) is 0 Å². The summed E-state index contributed by atoms with van der Waals surface area (Å²) in [6.07, 6.45) is 0. The molecule has 3 nitrogen and oxygen atoms in total. The summed E-state index contributed by atoms with van der Waals surface area (Å²) in [6.45, 7) is 5.38. The van der Waals surface area contributed by atoms with Crippen LogP contribution in [0.3, 0.4) is 0 Å². The summed E-state index contributed by atoms with van der Waals surface area (Å²) in [6, 6.07) is 14.5. The molecule has 0 saturated heterocycles. The highest BCUT2D eigenvalue weighted by molar-refractivity contribution is 5.95. The van der Waals surface area contributed by atoms with E-state index in [4.69, 9.17) is 4.74 Å². The highest BCUT2D eigenvalue weighted by atomic mass is 16.6. The van der Waals surface area contributed by atoms with Gasteiger partial charge in [0.2, 0.25) is 0 Å². The molecule has 2 aromatic rings. The van der Waals surface area contributed by atoms with Gasteiger partial charge in [0, 0.05) is 5.56 Å². The molecule has 0 fully saturated rings. The fourth-order valence-corrected chi connectivity index (χ4v) is 1.89. The number of carbonyl (C=O) groups is 1. The van der Waals surface area contributed by atoms with Crippen LogP contribution in [0.4, 0.5) is 0 Å². The minimum Gasteiger partial charge on any atom is -0.506 e. The first-order chi connectivity index (χ1) is 9.38. The Bertz CT molecular complexity index is 610. The maximum absolute atomic E-state index is 12.1. The SMILES string of the molecule is CC(C)(C)OC(=O)c1cccc(-c2ccccc2)c1O. The highest BCUT2D eigenvalue weighted by Crippen LogP contribution is 2.32. The third kappa shape index (κ3) is 3.18. The Labute approximate surface area is 118 Å². The van der Waals surface area contributed by atoms with E-state index < -0.39 is 11.6 Å². The second kappa shape index (κ2) is 5.37. The molecule has 2 rings (SSSR count). The van der Waals surface area contributed by atoms with Gasteiger partial charge in [0.1, 0.15) is 16.9 Å². The van der Waals surface area contributed by atoms with Gasteiger partial charge in [0.05, 0.1) is 0 Å². The summed E-state index contributed by atoms with van der Waals surface area (Å²) in [4.78, 5) is 12.1. The van der Waals surface area contributed by atoms with Crippen molar-refractivity contribution >= 4 is 5.97 Å². The van der Waals surface area contributed by atoms with Gasteiger partial charge >= 0.3 is 5.97 Å². The predicted molar refractivity (Wildman–Crippen MR) is 78.7 cm³/mol. The van der Waals surface area contributed by atoms with Crippen molar-refractivity contribution in [2.45, 2.75) is 26.4 Å². The zero-order chi connectivity index (χ0) is 14.8. The molecule has 0 amide bonds. The van der Waals surface area contributed by atoms with Crippen LogP contribution in [0.5, 0.6) is 5.75 Å². The average Bonchev–Trinajstić information content (AvgIpc) is 2.38. The third-order valence-corrected chi connectivity index (χ3v) is 2.74. The smallest absolute Gasteiger partial charge is 0.342 e. The van der Waals surface area contributed by atoms with E-state index >= 15 is 0 Å². The van der Waals surface area contributed by atoms with Crippen molar-refractivity contribution in [3.05, 3.63) is 54.1 Å². The molecule has 0 saturated carbocycles. The van der Waals surface area contributed by atoms with E-state index in [9.17, 15) is 9.90 Å². The maximum atomic E-state index is 12.1. The number of aromatic hydroxyl groups is 1. The van der Waals surface area contributed by atoms with Crippen LogP contribution in [0.1, 0.15) is 31.1 Å². The van der Waals surface area contributed by atoms with Gasteiger partial charge in [-0.25, -0.2) is 4.79 Å². The second-order valence-corrected chi connectivity index (χ2v) is 5.57. The first-order valence-corrected chi connectivity index (χ1v) is 6.49. The Morgan fingerprint density at radius 3 is 2.25 bits per heavy atom. The van der Waals surface area contributed by atoms with Crippen molar-refractivity contribution in [1.82, 2.24) is 0 Å². The summed E-state index contributed by atoms with van der Waals surface area (Å²) >= 11 is 0. The molecule has 0 aliphatic rings. The number of rotatable bonds is 2. The van der Waals surface area contributed by atoms with Gasteiger partial charge in [0.15, 0.2) is 0 Å². The van der Waals surface area contributed by atoms with E-state index in [2.05, 4.69) is 0 Å². The van der Waals surface area contributed by atoms with Crippen LogP contribution < -0.4 is 0 Å². The Kier molecular flexibility index (Phi) is 3.79. The molecule has 20 heavy (non-hydrogen) atoms. The first-order valence-electron chi connectivity index (χ1n) is 6.49. The van der Waals surface area contributed by atoms with E-state index in [1.165, 1.54) is 0 Å². The summed E-state index contributed by atoms with van der Waals surface area (Å²) < 4.78 is 5.30. The molecule has 0 spiro atoms. The van der Waals surface area contributed by atoms with Crippen LogP contribution in [0, 0.1) is 0 Å². The summed E-state index contributed by atoms with van der Waals surface area (Å²) in [5, 5.41) is 10.3. The first kappa shape index (κ1) is 14.1. The zero-order valence-electron chi connectivity index (χ0n) is 11.9. The fourth-order valence-electron chi connectivity index (χ4n) is 1.89. The van der Waals surface area contributed by atoms with Gasteiger partial charge in [-0.1, -0.05) is 42.5 Å². The summed E-state index contributed by atoms with van der Waals surface area (Å²) in [7, 11) is 0. The van der Waals surface area contributed by atoms with Gasteiger partial charge < -0.3 is 9.84 Å². The van der Waals surface area contributed by atoms with E-state index in [-0.39, 0.29) is 11.3 Å². The van der Waals surface area contributed by atoms with Gasteiger partial charge in [-0.2, -0.15) is 0 Å². The molecule has 0 radical (unpaired) electrons. The zero-order valence-corrected chi connectivity index (χ0v) is 11.9. The number of para-hydroxylation sites is 1. The molecule has 1 N–H and O–H groups in total. The molecule has 2 aromatic carbocycles. The molecule has 0 atom stereocenters. The molecule has 0 aromatic heterocycles. The maximum Gasteiger partial charge on any atom is 0.342 e. The summed E-state index contributed by atoms with van der Waals surface area (Å²) in [5.41, 5.74) is 1.07. The summed E-state index contributed by atoms with van der Waals surface area (Å²) in [5.74, 6) is -0.569. The van der Waals surface area contributed by atoms with Crippen LogP contribution in [0.2, 0.25) is 0 Å². The third-order valence-electron chi connectivity index (χ3n) is 2.74. The minimum absolute atomic E-state index is 0.0482. The number of esters is 1. The van der Waals surface area contributed by atoms with Crippen molar-refractivity contribution in [1.29, 1.82) is 0 Å². The van der Waals surface area contributed by atoms with Gasteiger partial charge in [-0.3, -0.25) is 0 Å². The minimum atomic E-state index is -0.591. The Morgan fingerprint density at radius 1 is 1.00 bits per heavy atom. The molecule has 0 bridgehead atoms. The molecule has 0 unspecified atom stereocenters. The number of hydrogen-bond donors (Lipinski definition) is 1. The van der Waals surface area contributed by atoms with Gasteiger partial charge in [0.25, 0.3) is 0 Å². The lowest BCUT2D eigenvalue weighted by Gasteiger charge is -2.20. The molecule has 104 valence electrons. The van der Waals surface area contributed by atoms with Crippen LogP contribution in [-0.4, -0.2) is 16.7 Å². The molecule has 0 heterocycles. The number of benzene rings is 2. The topological polar surface area (TPSA) is 46.5 Å². The van der Waals surface area contributed by atoms with Crippen molar-refractivity contribution in [2.24, 2.45) is 0 Å². The standard InChI is InChI=1S/C17H18O3/c1-17(2,3)20-16(19)14-11-7-10-13(15(14)18)12-8-5-4-6-9-12/h4-11,18H,1-3H3. The highest BCUT2D eigenvalue weighted by Gasteiger charge is 2.21. The number of ether oxygens (including phenoxy) is 1. The van der Waals surface area contributed by atoms with Crippen LogP contribution in [0.25, 0.3) is 11.1 Å². The van der Waals surface area contributed by atoms with E-state index in [1.807, 2.05) is 30.3 Å². The molecular weight excluding hydrogens is 252 g/mol. The van der Waals surface area contributed by atoms with Crippen LogP contribution >= 0.6 is 0 Å². The normalized spacial score (nSPS) is 11.2. The monoisotopic (exact) mass is 270 g/mol. The Morgan fingerprint density at radius 2 is 1.65 bits per heavy atom. The number of hydrogen-bond acceptors (Lipinski definition) is 3. The molecule has 3 heteroatoms. The fraction of sp³-hybridized carbons (Fsp3) is 0.235. The molecule has 0 aliphatic carbocycles. The molecule has 0 aliphatic heterocycles. The molecular formula is C17H18O3. The van der Waals surface area contributed by atoms with Crippen molar-refractivity contribution in [3.8, 4) is 16.9 Å². The largest absolute Gasteiger partial charge is 0.506 e. The lowest BCUT2D eigenvalue weighted by molar-refractivity contribution is 0.00669. The van der Waals surface area contributed by atoms with E-state index in [1.54, 1.807) is 39.0 Å². The lowest BCUT2D eigenvalue weighted by Crippen LogP contribution is -2.23. The van der Waals surface area contributed by atoms with Crippen molar-refractivity contribution in [2.75, 3.05) is 0 Å². The predicted octanol–water partition coefficient (Wildman–Crippen LogP) is 4.01. The quantitative estimate of drug-likeness (QED) is 0.838. The van der Waals surface area contributed by atoms with E-state index in [0.29, 0.717) is 5.56 Å². The van der Waals surface area contributed by atoms with E-state index in [0.717, 1.165) is 5.56 Å². The van der Waals surface area contributed by atoms with Crippen molar-refractivity contribution in [3.63, 3.8) is 0 Å². The Balaban J connectivity index is 2.41. The van der Waals surface area contributed by atoms with Crippen LogP contribution in [0.15, 0.2) is 48.5 Å². The van der Waals surface area contributed by atoms with Crippen LogP contribution in [-0.2, 0) is 4.74 Å².